The highest BCUT2D eigenvalue weighted by Gasteiger charge is 2.47. The maximum Gasteiger partial charge on any atom is 0.128 e. The molecule has 0 saturated carbocycles. The van der Waals surface area contributed by atoms with Crippen LogP contribution in [-0.2, 0) is 0 Å². The molecule has 174 valence electrons. The van der Waals surface area contributed by atoms with E-state index in [1.54, 1.807) is 0 Å². The summed E-state index contributed by atoms with van der Waals surface area (Å²) in [5.74, 6) is 3.70. The quantitative estimate of drug-likeness (QED) is 0.424. The molecule has 0 aliphatic carbocycles. The number of benzene rings is 2. The highest BCUT2D eigenvalue weighted by atomic mass is 31.1. The second kappa shape index (κ2) is 8.29. The van der Waals surface area contributed by atoms with Crippen molar-refractivity contribution >= 4 is 26.5 Å². The normalized spacial score (nSPS) is 25.0. The molecular weight excluding hydrogens is 430 g/mol. The van der Waals surface area contributed by atoms with Gasteiger partial charge in [-0.1, -0.05) is 93.5 Å². The maximum absolute atomic E-state index is 6.65. The van der Waals surface area contributed by atoms with E-state index in [1.807, 2.05) is 0 Å². The van der Waals surface area contributed by atoms with Gasteiger partial charge in [0.1, 0.15) is 23.2 Å². The zero-order valence-corrected chi connectivity index (χ0v) is 23.3. The molecule has 4 rings (SSSR count). The summed E-state index contributed by atoms with van der Waals surface area (Å²) in [5, 5.41) is 3.27. The standard InChI is InChI=1S/C28H40O2P2/c1-17(2)25-29-21-15-11-13-19(23(21)31(25)27(5,6)7)20-14-12-16-22-24(20)32(28(8,9)10)26(30-22)18(3)4/h11-18,25-26H,1-10H3/t25-,26+,31-,32-/m0/s1. The monoisotopic (exact) mass is 470 g/mol. The van der Waals surface area contributed by atoms with Crippen LogP contribution in [0.5, 0.6) is 11.5 Å². The van der Waals surface area contributed by atoms with Gasteiger partial charge in [-0.05, 0) is 61.3 Å². The largest absolute Gasteiger partial charge is 0.485 e. The molecule has 32 heavy (non-hydrogen) atoms. The molecule has 0 fully saturated rings. The van der Waals surface area contributed by atoms with E-state index in [1.165, 1.54) is 21.7 Å². The molecule has 4 heteroatoms. The molecule has 0 bridgehead atoms. The van der Waals surface area contributed by atoms with E-state index < -0.39 is 15.8 Å². The van der Waals surface area contributed by atoms with Crippen LogP contribution in [0.25, 0.3) is 11.1 Å². The van der Waals surface area contributed by atoms with Gasteiger partial charge in [0.2, 0.25) is 0 Å². The Balaban J connectivity index is 1.96. The summed E-state index contributed by atoms with van der Waals surface area (Å²) >= 11 is 0. The maximum atomic E-state index is 6.65. The van der Waals surface area contributed by atoms with Gasteiger partial charge in [-0.25, -0.2) is 0 Å². The van der Waals surface area contributed by atoms with Crippen LogP contribution in [0.2, 0.25) is 0 Å². The lowest BCUT2D eigenvalue weighted by Gasteiger charge is -2.35. The summed E-state index contributed by atoms with van der Waals surface area (Å²) in [7, 11) is -0.955. The molecule has 2 aromatic carbocycles. The van der Waals surface area contributed by atoms with Gasteiger partial charge in [0.05, 0.1) is 0 Å². The molecular formula is C28H40O2P2. The minimum Gasteiger partial charge on any atom is -0.485 e. The fraction of sp³-hybridized carbons (Fsp3) is 0.571. The molecule has 2 aliphatic rings. The number of hydrogen-bond acceptors (Lipinski definition) is 2. The summed E-state index contributed by atoms with van der Waals surface area (Å²) < 4.78 is 13.3. The van der Waals surface area contributed by atoms with Crippen molar-refractivity contribution in [3.8, 4) is 22.6 Å². The van der Waals surface area contributed by atoms with Gasteiger partial charge in [0, 0.05) is 10.6 Å². The molecule has 4 atom stereocenters. The van der Waals surface area contributed by atoms with E-state index in [0.29, 0.717) is 11.8 Å². The molecule has 2 aliphatic heterocycles. The Bertz CT molecular complexity index is 916. The van der Waals surface area contributed by atoms with Crippen LogP contribution < -0.4 is 20.1 Å². The number of hydrogen-bond donors (Lipinski definition) is 0. The smallest absolute Gasteiger partial charge is 0.128 e. The minimum absolute atomic E-state index is 0.176. The Morgan fingerprint density at radius 1 is 0.625 bits per heavy atom. The molecule has 0 unspecified atom stereocenters. The van der Waals surface area contributed by atoms with Crippen molar-refractivity contribution in [3.05, 3.63) is 36.4 Å². The fourth-order valence-corrected chi connectivity index (χ4v) is 11.7. The molecule has 2 nitrogen and oxygen atoms in total. The van der Waals surface area contributed by atoms with Crippen molar-refractivity contribution in [2.45, 2.75) is 91.2 Å². The van der Waals surface area contributed by atoms with E-state index in [-0.39, 0.29) is 22.0 Å². The van der Waals surface area contributed by atoms with Gasteiger partial charge in [-0.15, -0.1) is 0 Å². The predicted octanol–water partition coefficient (Wildman–Crippen LogP) is 7.91. The van der Waals surface area contributed by atoms with Crippen molar-refractivity contribution in [1.82, 2.24) is 0 Å². The summed E-state index contributed by atoms with van der Waals surface area (Å²) in [6, 6.07) is 13.4. The van der Waals surface area contributed by atoms with Crippen molar-refractivity contribution in [2.75, 3.05) is 0 Å². The van der Waals surface area contributed by atoms with Crippen molar-refractivity contribution in [1.29, 1.82) is 0 Å². The average Bonchev–Trinajstić information content (AvgIpc) is 3.26. The van der Waals surface area contributed by atoms with Crippen LogP contribution >= 0.6 is 15.8 Å². The van der Waals surface area contributed by atoms with Crippen molar-refractivity contribution < 1.29 is 9.47 Å². The lowest BCUT2D eigenvalue weighted by molar-refractivity contribution is 0.239. The first-order valence-corrected chi connectivity index (χ1v) is 14.8. The van der Waals surface area contributed by atoms with Gasteiger partial charge in [-0.3, -0.25) is 0 Å². The van der Waals surface area contributed by atoms with E-state index in [0.717, 1.165) is 11.5 Å². The van der Waals surface area contributed by atoms with Gasteiger partial charge in [-0.2, -0.15) is 0 Å². The molecule has 0 saturated heterocycles. The summed E-state index contributed by atoms with van der Waals surface area (Å²) in [6.45, 7) is 23.5. The number of ether oxygens (including phenoxy) is 2. The third-order valence-electron chi connectivity index (χ3n) is 6.36. The molecule has 0 aromatic heterocycles. The van der Waals surface area contributed by atoms with Crippen LogP contribution in [0.3, 0.4) is 0 Å². The van der Waals surface area contributed by atoms with Crippen LogP contribution in [0.1, 0.15) is 69.2 Å². The zero-order chi connectivity index (χ0) is 23.6. The predicted molar refractivity (Wildman–Crippen MR) is 143 cm³/mol. The third kappa shape index (κ3) is 4.01. The lowest BCUT2D eigenvalue weighted by Crippen LogP contribution is -2.29. The average molecular weight is 471 g/mol. The first-order chi connectivity index (χ1) is 14.8. The number of fused-ring (bicyclic) bond motifs is 2. The number of rotatable bonds is 3. The van der Waals surface area contributed by atoms with Gasteiger partial charge >= 0.3 is 0 Å². The van der Waals surface area contributed by atoms with Gasteiger partial charge in [0.25, 0.3) is 0 Å². The van der Waals surface area contributed by atoms with E-state index in [9.17, 15) is 0 Å². The third-order valence-corrected chi connectivity index (χ3v) is 13.6. The summed E-state index contributed by atoms with van der Waals surface area (Å²) in [6.07, 6.45) is 0. The zero-order valence-electron chi connectivity index (χ0n) is 21.5. The van der Waals surface area contributed by atoms with Crippen LogP contribution in [-0.4, -0.2) is 22.0 Å². The Kier molecular flexibility index (Phi) is 6.22. The molecule has 2 aromatic rings. The van der Waals surface area contributed by atoms with Gasteiger partial charge in [0.15, 0.2) is 0 Å². The Hall–Kier alpha value is -1.10. The highest BCUT2D eigenvalue weighted by molar-refractivity contribution is 7.69. The second-order valence-electron chi connectivity index (χ2n) is 11.9. The summed E-state index contributed by atoms with van der Waals surface area (Å²) in [4.78, 5) is 0. The summed E-state index contributed by atoms with van der Waals surface area (Å²) in [5.41, 5.74) is 2.74. The SMILES string of the molecule is CC(C)[C@H]1Oc2cccc(-c3cccc4c3[P@](C(C)(C)C)[C@H](C(C)C)O4)c2[P@]1C(C)(C)C. The van der Waals surface area contributed by atoms with E-state index in [4.69, 9.17) is 9.47 Å². The Morgan fingerprint density at radius 3 is 1.25 bits per heavy atom. The van der Waals surface area contributed by atoms with E-state index >= 15 is 0 Å². The Morgan fingerprint density at radius 2 is 0.969 bits per heavy atom. The molecule has 0 spiro atoms. The molecule has 2 heterocycles. The minimum atomic E-state index is -0.478. The molecule has 0 amide bonds. The van der Waals surface area contributed by atoms with Crippen LogP contribution in [0, 0.1) is 11.8 Å². The van der Waals surface area contributed by atoms with Gasteiger partial charge < -0.3 is 9.47 Å². The molecule has 0 radical (unpaired) electrons. The topological polar surface area (TPSA) is 18.5 Å². The highest BCUT2D eigenvalue weighted by Crippen LogP contribution is 2.64. The van der Waals surface area contributed by atoms with Crippen LogP contribution in [0.15, 0.2) is 36.4 Å². The first-order valence-electron chi connectivity index (χ1n) is 12.0. The van der Waals surface area contributed by atoms with Crippen molar-refractivity contribution in [3.63, 3.8) is 0 Å². The van der Waals surface area contributed by atoms with Crippen molar-refractivity contribution in [2.24, 2.45) is 11.8 Å². The lowest BCUT2D eigenvalue weighted by atomic mass is 10.0. The fourth-order valence-electron chi connectivity index (χ4n) is 5.09. The second-order valence-corrected chi connectivity index (χ2v) is 18.0. The molecule has 0 N–H and O–H groups in total. The Labute approximate surface area is 198 Å². The van der Waals surface area contributed by atoms with Crippen LogP contribution in [0.4, 0.5) is 0 Å². The first kappa shape index (κ1) is 24.0. The van der Waals surface area contributed by atoms with E-state index in [2.05, 4.69) is 106 Å².